The van der Waals surface area contributed by atoms with E-state index in [2.05, 4.69) is 5.32 Å². The third-order valence-electron chi connectivity index (χ3n) is 3.51. The average molecular weight is 289 g/mol. The molecule has 1 aromatic rings. The molecule has 0 aliphatic carbocycles. The van der Waals surface area contributed by atoms with Crippen LogP contribution in [0.15, 0.2) is 24.3 Å². The molecule has 1 heterocycles. The van der Waals surface area contributed by atoms with Gasteiger partial charge in [0.15, 0.2) is 0 Å². The third-order valence-corrected chi connectivity index (χ3v) is 3.51. The molecule has 1 fully saturated rings. The number of amides is 3. The highest BCUT2D eigenvalue weighted by molar-refractivity contribution is 6.01. The lowest BCUT2D eigenvalue weighted by Gasteiger charge is -2.16. The van der Waals surface area contributed by atoms with Gasteiger partial charge in [0, 0.05) is 25.9 Å². The lowest BCUT2D eigenvalue weighted by molar-refractivity contribution is -0.138. The molecule has 1 aliphatic rings. The standard InChI is InChI=1S/C15H19N3O3/c1-10-2-4-11(5-3-10)14(16)15(21)17-8-9-18-12(19)6-7-13(18)20/h2-5,14H,6-9,16H2,1H3,(H,17,21). The van der Waals surface area contributed by atoms with Gasteiger partial charge < -0.3 is 11.1 Å². The Kier molecular flexibility index (Phi) is 4.70. The molecule has 0 spiro atoms. The molecular weight excluding hydrogens is 270 g/mol. The van der Waals surface area contributed by atoms with Crippen molar-refractivity contribution in [3.8, 4) is 0 Å². The van der Waals surface area contributed by atoms with Crippen LogP contribution in [0.3, 0.4) is 0 Å². The summed E-state index contributed by atoms with van der Waals surface area (Å²) >= 11 is 0. The Bertz CT molecular complexity index is 538. The summed E-state index contributed by atoms with van der Waals surface area (Å²) in [5, 5.41) is 2.65. The Labute approximate surface area is 123 Å². The van der Waals surface area contributed by atoms with E-state index in [4.69, 9.17) is 5.73 Å². The quantitative estimate of drug-likeness (QED) is 0.760. The second kappa shape index (κ2) is 6.49. The normalized spacial score (nSPS) is 16.2. The minimum atomic E-state index is -0.754. The summed E-state index contributed by atoms with van der Waals surface area (Å²) in [6, 6.07) is 6.66. The topological polar surface area (TPSA) is 92.5 Å². The van der Waals surface area contributed by atoms with Gasteiger partial charge in [0.25, 0.3) is 0 Å². The molecule has 112 valence electrons. The first-order valence-corrected chi connectivity index (χ1v) is 6.92. The molecule has 3 N–H and O–H groups in total. The second-order valence-electron chi connectivity index (χ2n) is 5.12. The molecule has 21 heavy (non-hydrogen) atoms. The number of imide groups is 1. The fourth-order valence-corrected chi connectivity index (χ4v) is 2.20. The predicted molar refractivity (Wildman–Crippen MR) is 77.1 cm³/mol. The number of rotatable bonds is 5. The number of nitrogens with zero attached hydrogens (tertiary/aromatic N) is 1. The first-order valence-electron chi connectivity index (χ1n) is 6.92. The van der Waals surface area contributed by atoms with Crippen molar-refractivity contribution in [2.45, 2.75) is 25.8 Å². The highest BCUT2D eigenvalue weighted by atomic mass is 16.2. The first-order chi connectivity index (χ1) is 9.99. The van der Waals surface area contributed by atoms with E-state index in [1.54, 1.807) is 0 Å². The van der Waals surface area contributed by atoms with Crippen LogP contribution in [0.4, 0.5) is 0 Å². The molecule has 1 aliphatic heterocycles. The smallest absolute Gasteiger partial charge is 0.241 e. The lowest BCUT2D eigenvalue weighted by Crippen LogP contribution is -2.40. The zero-order valence-electron chi connectivity index (χ0n) is 12.0. The number of carbonyl (C=O) groups is 3. The summed E-state index contributed by atoms with van der Waals surface area (Å²) in [5.41, 5.74) is 7.70. The number of aryl methyl sites for hydroxylation is 1. The number of carbonyl (C=O) groups excluding carboxylic acids is 3. The van der Waals surface area contributed by atoms with E-state index in [-0.39, 0.29) is 43.7 Å². The van der Waals surface area contributed by atoms with Crippen LogP contribution in [0, 0.1) is 6.92 Å². The number of hydrogen-bond acceptors (Lipinski definition) is 4. The van der Waals surface area contributed by atoms with Gasteiger partial charge in [-0.3, -0.25) is 19.3 Å². The Balaban J connectivity index is 1.83. The van der Waals surface area contributed by atoms with Gasteiger partial charge in [-0.15, -0.1) is 0 Å². The van der Waals surface area contributed by atoms with Gasteiger partial charge in [-0.1, -0.05) is 29.8 Å². The Hall–Kier alpha value is -2.21. The fraction of sp³-hybridized carbons (Fsp3) is 0.400. The van der Waals surface area contributed by atoms with Crippen molar-refractivity contribution < 1.29 is 14.4 Å². The van der Waals surface area contributed by atoms with Crippen LogP contribution in [0.5, 0.6) is 0 Å². The Morgan fingerprint density at radius 3 is 2.38 bits per heavy atom. The summed E-state index contributed by atoms with van der Waals surface area (Å²) in [4.78, 5) is 35.9. The van der Waals surface area contributed by atoms with Crippen LogP contribution in [-0.4, -0.2) is 35.7 Å². The van der Waals surface area contributed by atoms with Crippen molar-refractivity contribution in [2.24, 2.45) is 5.73 Å². The zero-order valence-corrected chi connectivity index (χ0v) is 12.0. The number of benzene rings is 1. The van der Waals surface area contributed by atoms with Crippen molar-refractivity contribution >= 4 is 17.7 Å². The molecule has 1 saturated heterocycles. The third kappa shape index (κ3) is 3.66. The van der Waals surface area contributed by atoms with E-state index in [1.165, 1.54) is 4.90 Å². The summed E-state index contributed by atoms with van der Waals surface area (Å²) < 4.78 is 0. The van der Waals surface area contributed by atoms with Crippen molar-refractivity contribution in [1.82, 2.24) is 10.2 Å². The molecule has 0 bridgehead atoms. The van der Waals surface area contributed by atoms with E-state index in [9.17, 15) is 14.4 Å². The molecule has 6 nitrogen and oxygen atoms in total. The molecule has 6 heteroatoms. The molecule has 2 rings (SSSR count). The van der Waals surface area contributed by atoms with E-state index in [1.807, 2.05) is 31.2 Å². The van der Waals surface area contributed by atoms with E-state index < -0.39 is 6.04 Å². The summed E-state index contributed by atoms with van der Waals surface area (Å²) in [7, 11) is 0. The zero-order chi connectivity index (χ0) is 15.4. The second-order valence-corrected chi connectivity index (χ2v) is 5.12. The van der Waals surface area contributed by atoms with Gasteiger partial charge in [-0.2, -0.15) is 0 Å². The summed E-state index contributed by atoms with van der Waals surface area (Å²) in [5.74, 6) is -0.688. The number of likely N-dealkylation sites (tertiary alicyclic amines) is 1. The minimum Gasteiger partial charge on any atom is -0.353 e. The van der Waals surface area contributed by atoms with Gasteiger partial charge in [-0.05, 0) is 12.5 Å². The maximum absolute atomic E-state index is 11.9. The van der Waals surface area contributed by atoms with Gasteiger partial charge in [0.1, 0.15) is 6.04 Å². The number of nitrogens with two attached hydrogens (primary N) is 1. The lowest BCUT2D eigenvalue weighted by atomic mass is 10.1. The number of nitrogens with one attached hydrogen (secondary N) is 1. The van der Waals surface area contributed by atoms with Crippen LogP contribution < -0.4 is 11.1 Å². The molecule has 1 atom stereocenters. The van der Waals surface area contributed by atoms with Crippen LogP contribution in [-0.2, 0) is 14.4 Å². The largest absolute Gasteiger partial charge is 0.353 e. The Morgan fingerprint density at radius 1 is 1.24 bits per heavy atom. The van der Waals surface area contributed by atoms with Gasteiger partial charge >= 0.3 is 0 Å². The van der Waals surface area contributed by atoms with Crippen molar-refractivity contribution in [3.63, 3.8) is 0 Å². The van der Waals surface area contributed by atoms with E-state index in [0.29, 0.717) is 0 Å². The van der Waals surface area contributed by atoms with Crippen molar-refractivity contribution in [1.29, 1.82) is 0 Å². The molecule has 1 unspecified atom stereocenters. The SMILES string of the molecule is Cc1ccc(C(N)C(=O)NCCN2C(=O)CCC2=O)cc1. The van der Waals surface area contributed by atoms with Crippen LogP contribution >= 0.6 is 0 Å². The van der Waals surface area contributed by atoms with Crippen LogP contribution in [0.2, 0.25) is 0 Å². The van der Waals surface area contributed by atoms with Crippen molar-refractivity contribution in [2.75, 3.05) is 13.1 Å². The molecule has 0 saturated carbocycles. The van der Waals surface area contributed by atoms with Crippen LogP contribution in [0.25, 0.3) is 0 Å². The van der Waals surface area contributed by atoms with Crippen LogP contribution in [0.1, 0.15) is 30.0 Å². The fourth-order valence-electron chi connectivity index (χ4n) is 2.20. The highest BCUT2D eigenvalue weighted by Crippen LogP contribution is 2.12. The van der Waals surface area contributed by atoms with Gasteiger partial charge in [0.05, 0.1) is 0 Å². The Morgan fingerprint density at radius 2 is 1.81 bits per heavy atom. The van der Waals surface area contributed by atoms with Gasteiger partial charge in [-0.25, -0.2) is 0 Å². The van der Waals surface area contributed by atoms with Gasteiger partial charge in [0.2, 0.25) is 17.7 Å². The van der Waals surface area contributed by atoms with E-state index in [0.717, 1.165) is 11.1 Å². The monoisotopic (exact) mass is 289 g/mol. The molecule has 3 amide bonds. The summed E-state index contributed by atoms with van der Waals surface area (Å²) in [6.07, 6.45) is 0.519. The molecule has 1 aromatic carbocycles. The summed E-state index contributed by atoms with van der Waals surface area (Å²) in [6.45, 7) is 2.37. The maximum atomic E-state index is 11.9. The average Bonchev–Trinajstić information content (AvgIpc) is 2.79. The first kappa shape index (κ1) is 15.2. The maximum Gasteiger partial charge on any atom is 0.241 e. The minimum absolute atomic E-state index is 0.183. The molecular formula is C15H19N3O3. The van der Waals surface area contributed by atoms with Crippen molar-refractivity contribution in [3.05, 3.63) is 35.4 Å². The van der Waals surface area contributed by atoms with E-state index >= 15 is 0 Å². The highest BCUT2D eigenvalue weighted by Gasteiger charge is 2.28. The number of hydrogen-bond donors (Lipinski definition) is 2. The predicted octanol–water partition coefficient (Wildman–Crippen LogP) is 0.260. The molecule has 0 radical (unpaired) electrons. The molecule has 0 aromatic heterocycles.